The smallest absolute Gasteiger partial charge is 0.239 e. The van der Waals surface area contributed by atoms with E-state index in [0.29, 0.717) is 18.6 Å². The third-order valence-corrected chi connectivity index (χ3v) is 4.28. The Labute approximate surface area is 126 Å². The van der Waals surface area contributed by atoms with Gasteiger partial charge in [0.2, 0.25) is 11.8 Å². The Morgan fingerprint density at radius 3 is 2.76 bits per heavy atom. The van der Waals surface area contributed by atoms with E-state index in [0.717, 1.165) is 45.1 Å². The SMILES string of the molecule is CN(CC(=O)NC1CC1)C(=O)CN1CCCC1CCCO. The average molecular weight is 297 g/mol. The van der Waals surface area contributed by atoms with Crippen molar-refractivity contribution in [2.24, 2.45) is 0 Å². The maximum atomic E-state index is 12.2. The second kappa shape index (κ2) is 7.75. The highest BCUT2D eigenvalue weighted by molar-refractivity contribution is 5.85. The van der Waals surface area contributed by atoms with Gasteiger partial charge in [-0.1, -0.05) is 0 Å². The summed E-state index contributed by atoms with van der Waals surface area (Å²) < 4.78 is 0. The molecular weight excluding hydrogens is 270 g/mol. The molecule has 2 aliphatic rings. The van der Waals surface area contributed by atoms with Crippen LogP contribution in [0.5, 0.6) is 0 Å². The molecule has 6 heteroatoms. The summed E-state index contributed by atoms with van der Waals surface area (Å²) in [5.74, 6) is -0.0663. The highest BCUT2D eigenvalue weighted by atomic mass is 16.3. The quantitative estimate of drug-likeness (QED) is 0.659. The number of nitrogens with one attached hydrogen (secondary N) is 1. The summed E-state index contributed by atoms with van der Waals surface area (Å²) in [5.41, 5.74) is 0. The van der Waals surface area contributed by atoms with Crippen LogP contribution >= 0.6 is 0 Å². The largest absolute Gasteiger partial charge is 0.396 e. The minimum atomic E-state index is -0.0633. The Balaban J connectivity index is 1.72. The van der Waals surface area contributed by atoms with Crippen molar-refractivity contribution in [2.45, 2.75) is 50.6 Å². The molecule has 2 fully saturated rings. The van der Waals surface area contributed by atoms with Crippen molar-refractivity contribution in [1.29, 1.82) is 0 Å². The van der Waals surface area contributed by atoms with Gasteiger partial charge >= 0.3 is 0 Å². The summed E-state index contributed by atoms with van der Waals surface area (Å²) in [5, 5.41) is 11.8. The molecule has 6 nitrogen and oxygen atoms in total. The normalized spacial score (nSPS) is 22.3. The maximum Gasteiger partial charge on any atom is 0.239 e. The predicted octanol–water partition coefficient (Wildman–Crippen LogP) is -0.0397. The van der Waals surface area contributed by atoms with Crippen LogP contribution in [0, 0.1) is 0 Å². The van der Waals surface area contributed by atoms with Gasteiger partial charge in [-0.25, -0.2) is 0 Å². The highest BCUT2D eigenvalue weighted by Gasteiger charge is 2.28. The molecule has 0 bridgehead atoms. The first-order chi connectivity index (χ1) is 10.1. The third kappa shape index (κ3) is 5.28. The standard InChI is InChI=1S/C15H27N3O3/c1-17(10-14(20)16-12-6-7-12)15(21)11-18-8-2-4-13(18)5-3-9-19/h12-13,19H,2-11H2,1H3,(H,16,20). The fraction of sp³-hybridized carbons (Fsp3) is 0.867. The van der Waals surface area contributed by atoms with Gasteiger partial charge in [-0.2, -0.15) is 0 Å². The van der Waals surface area contributed by atoms with E-state index in [4.69, 9.17) is 5.11 Å². The molecule has 120 valence electrons. The van der Waals surface area contributed by atoms with Crippen molar-refractivity contribution in [1.82, 2.24) is 15.1 Å². The van der Waals surface area contributed by atoms with Crippen LogP contribution in [0.2, 0.25) is 0 Å². The molecule has 0 spiro atoms. The van der Waals surface area contributed by atoms with Crippen molar-refractivity contribution in [3.63, 3.8) is 0 Å². The molecule has 0 radical (unpaired) electrons. The number of likely N-dealkylation sites (N-methyl/N-ethyl adjacent to an activating group) is 1. The van der Waals surface area contributed by atoms with E-state index in [1.165, 1.54) is 4.90 Å². The van der Waals surface area contributed by atoms with Crippen molar-refractivity contribution in [3.8, 4) is 0 Å². The van der Waals surface area contributed by atoms with Gasteiger partial charge in [-0.15, -0.1) is 0 Å². The molecule has 0 aromatic rings. The molecule has 21 heavy (non-hydrogen) atoms. The molecule has 0 aromatic carbocycles. The van der Waals surface area contributed by atoms with Crippen LogP contribution in [0.1, 0.15) is 38.5 Å². The average Bonchev–Trinajstić information content (AvgIpc) is 3.14. The summed E-state index contributed by atoms with van der Waals surface area (Å²) in [4.78, 5) is 27.6. The zero-order chi connectivity index (χ0) is 15.2. The summed E-state index contributed by atoms with van der Waals surface area (Å²) >= 11 is 0. The zero-order valence-corrected chi connectivity index (χ0v) is 12.9. The van der Waals surface area contributed by atoms with E-state index >= 15 is 0 Å². The molecule has 2 amide bonds. The summed E-state index contributed by atoms with van der Waals surface area (Å²) in [6.45, 7) is 1.66. The van der Waals surface area contributed by atoms with E-state index in [9.17, 15) is 9.59 Å². The molecule has 1 saturated heterocycles. The van der Waals surface area contributed by atoms with Crippen LogP contribution in [0.15, 0.2) is 0 Å². The Kier molecular flexibility index (Phi) is 5.99. The Morgan fingerprint density at radius 2 is 2.10 bits per heavy atom. The minimum absolute atomic E-state index is 0.00292. The number of aliphatic hydroxyl groups excluding tert-OH is 1. The lowest BCUT2D eigenvalue weighted by Crippen LogP contribution is -2.44. The van der Waals surface area contributed by atoms with E-state index in [-0.39, 0.29) is 25.0 Å². The van der Waals surface area contributed by atoms with Gasteiger partial charge in [-0.3, -0.25) is 14.5 Å². The number of likely N-dealkylation sites (tertiary alicyclic amines) is 1. The first-order valence-electron chi connectivity index (χ1n) is 7.98. The Morgan fingerprint density at radius 1 is 1.33 bits per heavy atom. The van der Waals surface area contributed by atoms with E-state index in [2.05, 4.69) is 10.2 Å². The number of rotatable bonds is 8. The van der Waals surface area contributed by atoms with Gasteiger partial charge in [0.25, 0.3) is 0 Å². The fourth-order valence-electron chi connectivity index (χ4n) is 2.86. The number of nitrogens with zero attached hydrogens (tertiary/aromatic N) is 2. The second-order valence-electron chi connectivity index (χ2n) is 6.22. The molecule has 1 atom stereocenters. The minimum Gasteiger partial charge on any atom is -0.396 e. The van der Waals surface area contributed by atoms with Gasteiger partial charge in [0.05, 0.1) is 13.1 Å². The molecule has 1 unspecified atom stereocenters. The predicted molar refractivity (Wildman–Crippen MR) is 79.7 cm³/mol. The first kappa shape index (κ1) is 16.2. The monoisotopic (exact) mass is 297 g/mol. The number of amides is 2. The van der Waals surface area contributed by atoms with E-state index in [1.54, 1.807) is 7.05 Å². The molecule has 2 rings (SSSR count). The topological polar surface area (TPSA) is 72.9 Å². The molecule has 0 aromatic heterocycles. The summed E-state index contributed by atoms with van der Waals surface area (Å²) in [7, 11) is 1.69. The summed E-state index contributed by atoms with van der Waals surface area (Å²) in [6.07, 6.45) is 6.05. The fourth-order valence-corrected chi connectivity index (χ4v) is 2.86. The summed E-state index contributed by atoms with van der Waals surface area (Å²) in [6, 6.07) is 0.734. The lowest BCUT2D eigenvalue weighted by atomic mass is 10.1. The molecule has 1 saturated carbocycles. The van der Waals surface area contributed by atoms with Crippen LogP contribution in [0.4, 0.5) is 0 Å². The number of carbonyl (C=O) groups excluding carboxylic acids is 2. The van der Waals surface area contributed by atoms with Crippen molar-refractivity contribution < 1.29 is 14.7 Å². The van der Waals surface area contributed by atoms with Crippen LogP contribution in [-0.2, 0) is 9.59 Å². The zero-order valence-electron chi connectivity index (χ0n) is 12.9. The van der Waals surface area contributed by atoms with Gasteiger partial charge in [-0.05, 0) is 45.1 Å². The number of aliphatic hydroxyl groups is 1. The van der Waals surface area contributed by atoms with Gasteiger partial charge in [0.1, 0.15) is 0 Å². The highest BCUT2D eigenvalue weighted by Crippen LogP contribution is 2.21. The van der Waals surface area contributed by atoms with Gasteiger partial charge in [0.15, 0.2) is 0 Å². The second-order valence-corrected chi connectivity index (χ2v) is 6.22. The molecule has 1 aliphatic carbocycles. The molecule has 1 heterocycles. The number of hydrogen-bond donors (Lipinski definition) is 2. The number of hydrogen-bond acceptors (Lipinski definition) is 4. The van der Waals surface area contributed by atoms with Gasteiger partial charge in [0, 0.05) is 25.7 Å². The van der Waals surface area contributed by atoms with E-state index in [1.807, 2.05) is 0 Å². The van der Waals surface area contributed by atoms with Crippen molar-refractivity contribution in [3.05, 3.63) is 0 Å². The van der Waals surface area contributed by atoms with Crippen LogP contribution in [0.3, 0.4) is 0 Å². The maximum absolute atomic E-state index is 12.2. The molecule has 1 aliphatic heterocycles. The van der Waals surface area contributed by atoms with Crippen LogP contribution in [0.25, 0.3) is 0 Å². The van der Waals surface area contributed by atoms with Crippen LogP contribution < -0.4 is 5.32 Å². The van der Waals surface area contributed by atoms with Crippen molar-refractivity contribution >= 4 is 11.8 Å². The lowest BCUT2D eigenvalue weighted by Gasteiger charge is -2.26. The third-order valence-electron chi connectivity index (χ3n) is 4.28. The molecular formula is C15H27N3O3. The number of carbonyl (C=O) groups is 2. The van der Waals surface area contributed by atoms with E-state index < -0.39 is 0 Å². The lowest BCUT2D eigenvalue weighted by molar-refractivity contribution is -0.135. The van der Waals surface area contributed by atoms with Crippen LogP contribution in [-0.4, -0.2) is 72.1 Å². The Bertz CT molecular complexity index is 371. The van der Waals surface area contributed by atoms with Crippen molar-refractivity contribution in [2.75, 3.05) is 33.3 Å². The first-order valence-corrected chi connectivity index (χ1v) is 7.98. The Hall–Kier alpha value is -1.14. The molecule has 2 N–H and O–H groups in total. The van der Waals surface area contributed by atoms with Gasteiger partial charge < -0.3 is 15.3 Å².